The summed E-state index contributed by atoms with van der Waals surface area (Å²) in [5, 5.41) is 13.9. The maximum Gasteiger partial charge on any atom is 0.286 e. The molecule has 1 aliphatic rings. The summed E-state index contributed by atoms with van der Waals surface area (Å²) >= 11 is 2.47. The molecule has 1 fully saturated rings. The molecule has 1 saturated carbocycles. The van der Waals surface area contributed by atoms with E-state index in [4.69, 9.17) is 4.74 Å². The van der Waals surface area contributed by atoms with Crippen molar-refractivity contribution >= 4 is 40.6 Å². The second-order valence-electron chi connectivity index (χ2n) is 5.89. The number of ether oxygens (including phenoxy) is 1. The number of thioether (sulfide) groups is 1. The van der Waals surface area contributed by atoms with Crippen molar-refractivity contribution in [3.05, 3.63) is 29.3 Å². The van der Waals surface area contributed by atoms with E-state index in [2.05, 4.69) is 20.8 Å². The maximum absolute atomic E-state index is 12.2. The zero-order chi connectivity index (χ0) is 18.4. The molecule has 1 aromatic carbocycles. The SMILES string of the molecule is COc1ccc(NC(=O)c2nnc(SCC(=O)NC3CCCC3)s2)cc1. The Morgan fingerprint density at radius 1 is 1.23 bits per heavy atom. The van der Waals surface area contributed by atoms with Crippen LogP contribution in [0.3, 0.4) is 0 Å². The first-order chi connectivity index (χ1) is 12.6. The Balaban J connectivity index is 1.48. The number of nitrogens with one attached hydrogen (secondary N) is 2. The Kier molecular flexibility index (Phi) is 6.45. The lowest BCUT2D eigenvalue weighted by Gasteiger charge is -2.10. The van der Waals surface area contributed by atoms with Gasteiger partial charge in [-0.05, 0) is 37.1 Å². The van der Waals surface area contributed by atoms with Crippen LogP contribution in [0.5, 0.6) is 5.75 Å². The molecule has 0 saturated heterocycles. The van der Waals surface area contributed by atoms with Crippen LogP contribution in [-0.2, 0) is 4.79 Å². The van der Waals surface area contributed by atoms with E-state index in [1.165, 1.54) is 35.9 Å². The van der Waals surface area contributed by atoms with Crippen LogP contribution in [0.4, 0.5) is 5.69 Å². The summed E-state index contributed by atoms with van der Waals surface area (Å²) in [5.41, 5.74) is 0.649. The van der Waals surface area contributed by atoms with Crippen molar-refractivity contribution in [1.29, 1.82) is 0 Å². The molecule has 2 N–H and O–H groups in total. The number of methoxy groups -OCH3 is 1. The first-order valence-electron chi connectivity index (χ1n) is 8.35. The van der Waals surface area contributed by atoms with E-state index >= 15 is 0 Å². The summed E-state index contributed by atoms with van der Waals surface area (Å²) in [4.78, 5) is 24.2. The van der Waals surface area contributed by atoms with Crippen LogP contribution < -0.4 is 15.4 Å². The predicted octanol–water partition coefficient (Wildman–Crippen LogP) is 2.95. The van der Waals surface area contributed by atoms with Crippen LogP contribution in [0.1, 0.15) is 35.5 Å². The molecule has 9 heteroatoms. The minimum atomic E-state index is -0.324. The van der Waals surface area contributed by atoms with Crippen LogP contribution in [0.25, 0.3) is 0 Å². The van der Waals surface area contributed by atoms with Crippen molar-refractivity contribution in [1.82, 2.24) is 15.5 Å². The van der Waals surface area contributed by atoms with E-state index in [-0.39, 0.29) is 22.6 Å². The average Bonchev–Trinajstić information content (AvgIpc) is 3.32. The molecule has 0 aliphatic heterocycles. The molecule has 1 aromatic heterocycles. The lowest BCUT2D eigenvalue weighted by molar-refractivity contribution is -0.119. The number of hydrogen-bond donors (Lipinski definition) is 2. The molecule has 0 bridgehead atoms. The Morgan fingerprint density at radius 2 is 1.96 bits per heavy atom. The van der Waals surface area contributed by atoms with Crippen LogP contribution in [0, 0.1) is 0 Å². The molecule has 138 valence electrons. The predicted molar refractivity (Wildman–Crippen MR) is 102 cm³/mol. The molecule has 2 aromatic rings. The second-order valence-corrected chi connectivity index (χ2v) is 8.09. The molecule has 0 spiro atoms. The van der Waals surface area contributed by atoms with Crippen molar-refractivity contribution in [2.45, 2.75) is 36.1 Å². The van der Waals surface area contributed by atoms with Gasteiger partial charge in [0, 0.05) is 11.7 Å². The van der Waals surface area contributed by atoms with Gasteiger partial charge in [0.2, 0.25) is 10.9 Å². The van der Waals surface area contributed by atoms with Gasteiger partial charge in [-0.2, -0.15) is 0 Å². The third kappa shape index (κ3) is 5.18. The van der Waals surface area contributed by atoms with E-state index in [1.807, 2.05) is 0 Å². The molecule has 1 aliphatic carbocycles. The van der Waals surface area contributed by atoms with Crippen LogP contribution >= 0.6 is 23.1 Å². The second kappa shape index (κ2) is 9.00. The fourth-order valence-corrected chi connectivity index (χ4v) is 4.24. The maximum atomic E-state index is 12.2. The van der Waals surface area contributed by atoms with Crippen LogP contribution in [-0.4, -0.2) is 40.9 Å². The van der Waals surface area contributed by atoms with Gasteiger partial charge >= 0.3 is 0 Å². The van der Waals surface area contributed by atoms with Gasteiger partial charge in [-0.1, -0.05) is 35.9 Å². The number of nitrogens with zero attached hydrogens (tertiary/aromatic N) is 2. The molecule has 26 heavy (non-hydrogen) atoms. The van der Waals surface area contributed by atoms with Crippen molar-refractivity contribution in [3.8, 4) is 5.75 Å². The summed E-state index contributed by atoms with van der Waals surface area (Å²) in [5.74, 6) is 0.676. The summed E-state index contributed by atoms with van der Waals surface area (Å²) in [6.45, 7) is 0. The van der Waals surface area contributed by atoms with Crippen molar-refractivity contribution in [2.24, 2.45) is 0 Å². The molecule has 0 radical (unpaired) electrons. The fourth-order valence-electron chi connectivity index (χ4n) is 2.69. The van der Waals surface area contributed by atoms with Gasteiger partial charge in [-0.25, -0.2) is 0 Å². The first-order valence-corrected chi connectivity index (χ1v) is 10.2. The summed E-state index contributed by atoms with van der Waals surface area (Å²) in [6, 6.07) is 7.34. The number of aromatic nitrogens is 2. The number of amides is 2. The largest absolute Gasteiger partial charge is 0.497 e. The topological polar surface area (TPSA) is 93.2 Å². The summed E-state index contributed by atoms with van der Waals surface area (Å²) in [7, 11) is 1.59. The minimum Gasteiger partial charge on any atom is -0.497 e. The molecule has 0 atom stereocenters. The van der Waals surface area contributed by atoms with Crippen LogP contribution in [0.15, 0.2) is 28.6 Å². The number of benzene rings is 1. The number of carbonyl (C=O) groups excluding carboxylic acids is 2. The zero-order valence-electron chi connectivity index (χ0n) is 14.4. The smallest absolute Gasteiger partial charge is 0.286 e. The van der Waals surface area contributed by atoms with E-state index in [9.17, 15) is 9.59 Å². The highest BCUT2D eigenvalue weighted by molar-refractivity contribution is 8.01. The normalized spacial score (nSPS) is 14.2. The average molecular weight is 393 g/mol. The number of rotatable bonds is 7. The van der Waals surface area contributed by atoms with Gasteiger partial charge < -0.3 is 15.4 Å². The van der Waals surface area contributed by atoms with Crippen LogP contribution in [0.2, 0.25) is 0 Å². The highest BCUT2D eigenvalue weighted by Gasteiger charge is 2.18. The fraction of sp³-hybridized carbons (Fsp3) is 0.412. The quantitative estimate of drug-likeness (QED) is 0.704. The van der Waals surface area contributed by atoms with Crippen molar-refractivity contribution in [2.75, 3.05) is 18.2 Å². The van der Waals surface area contributed by atoms with Gasteiger partial charge in [0.25, 0.3) is 5.91 Å². The van der Waals surface area contributed by atoms with Crippen molar-refractivity contribution in [3.63, 3.8) is 0 Å². The summed E-state index contributed by atoms with van der Waals surface area (Å²) in [6.07, 6.45) is 4.48. The van der Waals surface area contributed by atoms with E-state index in [1.54, 1.807) is 31.4 Å². The molecule has 2 amide bonds. The molecule has 3 rings (SSSR count). The Labute approximate surface area is 159 Å². The van der Waals surface area contributed by atoms with E-state index in [0.29, 0.717) is 21.8 Å². The Bertz CT molecular complexity index is 758. The molecule has 0 unspecified atom stereocenters. The number of anilines is 1. The third-order valence-corrected chi connectivity index (χ3v) is 6.05. The monoisotopic (exact) mass is 392 g/mol. The lowest BCUT2D eigenvalue weighted by Crippen LogP contribution is -2.33. The highest BCUT2D eigenvalue weighted by atomic mass is 32.2. The zero-order valence-corrected chi connectivity index (χ0v) is 16.0. The van der Waals surface area contributed by atoms with E-state index < -0.39 is 0 Å². The molecular weight excluding hydrogens is 372 g/mol. The van der Waals surface area contributed by atoms with Gasteiger partial charge in [-0.15, -0.1) is 10.2 Å². The molecule has 7 nitrogen and oxygen atoms in total. The lowest BCUT2D eigenvalue weighted by atomic mass is 10.2. The Hall–Kier alpha value is -2.13. The van der Waals surface area contributed by atoms with Gasteiger partial charge in [0.15, 0.2) is 4.34 Å². The highest BCUT2D eigenvalue weighted by Crippen LogP contribution is 2.24. The molecular formula is C17H20N4O3S2. The third-order valence-electron chi connectivity index (χ3n) is 4.00. The summed E-state index contributed by atoms with van der Waals surface area (Å²) < 4.78 is 5.68. The van der Waals surface area contributed by atoms with Gasteiger partial charge in [0.05, 0.1) is 12.9 Å². The first kappa shape index (κ1) is 18.7. The van der Waals surface area contributed by atoms with E-state index in [0.717, 1.165) is 12.8 Å². The molecule has 1 heterocycles. The number of hydrogen-bond acceptors (Lipinski definition) is 7. The Morgan fingerprint density at radius 3 is 2.65 bits per heavy atom. The van der Waals surface area contributed by atoms with Crippen molar-refractivity contribution < 1.29 is 14.3 Å². The number of carbonyl (C=O) groups is 2. The van der Waals surface area contributed by atoms with Gasteiger partial charge in [-0.3, -0.25) is 9.59 Å². The standard InChI is InChI=1S/C17H20N4O3S2/c1-24-13-8-6-12(7-9-13)19-15(23)16-20-21-17(26-16)25-10-14(22)18-11-4-2-3-5-11/h6-9,11H,2-5,10H2,1H3,(H,18,22)(H,19,23). The minimum absolute atomic E-state index is 0.00124. The van der Waals surface area contributed by atoms with Gasteiger partial charge in [0.1, 0.15) is 5.75 Å².